The Hall–Kier alpha value is -0.390. The zero-order valence-corrected chi connectivity index (χ0v) is 6.09. The van der Waals surface area contributed by atoms with Crippen LogP contribution in [-0.2, 0) is 0 Å². The first-order chi connectivity index (χ1) is 5.16. The third kappa shape index (κ3) is 1.85. The van der Waals surface area contributed by atoms with Crippen molar-refractivity contribution in [3.05, 3.63) is 0 Å². The van der Waals surface area contributed by atoms with Gasteiger partial charge in [0.1, 0.15) is 0 Å². The van der Waals surface area contributed by atoms with Crippen LogP contribution in [-0.4, -0.2) is 17.6 Å². The molecule has 6 heteroatoms. The van der Waals surface area contributed by atoms with E-state index < -0.39 is 24.1 Å². The van der Waals surface area contributed by atoms with Crippen LogP contribution in [0.3, 0.4) is 0 Å². The summed E-state index contributed by atoms with van der Waals surface area (Å²) in [5, 5.41) is 0. The van der Waals surface area contributed by atoms with Gasteiger partial charge in [0.2, 0.25) is 0 Å². The van der Waals surface area contributed by atoms with Gasteiger partial charge in [0.05, 0.1) is 0 Å². The molecule has 0 unspecified atom stereocenters. The van der Waals surface area contributed by atoms with Gasteiger partial charge in [0, 0.05) is 12.0 Å². The van der Waals surface area contributed by atoms with E-state index in [1.54, 1.807) is 0 Å². The molecule has 2 N–H and O–H groups in total. The summed E-state index contributed by atoms with van der Waals surface area (Å²) in [6, 6.07) is 0. The lowest BCUT2D eigenvalue weighted by molar-refractivity contribution is -0.286. The fourth-order valence-electron chi connectivity index (χ4n) is 0.880. The van der Waals surface area contributed by atoms with Crippen LogP contribution in [0.2, 0.25) is 0 Å². The van der Waals surface area contributed by atoms with E-state index in [1.165, 1.54) is 0 Å². The summed E-state index contributed by atoms with van der Waals surface area (Å²) in [5.41, 5.74) is 3.87. The monoisotopic (exact) mass is 189 g/mol. The van der Waals surface area contributed by atoms with Crippen molar-refractivity contribution < 1.29 is 22.0 Å². The predicted octanol–water partition coefficient (Wildman–Crippen LogP) is 2.07. The zero-order valence-electron chi connectivity index (χ0n) is 6.09. The quantitative estimate of drug-likeness (QED) is 0.661. The smallest absolute Gasteiger partial charge is 0.325 e. The molecule has 0 aliphatic heterocycles. The molecule has 0 radical (unpaired) electrons. The highest BCUT2D eigenvalue weighted by Crippen LogP contribution is 2.47. The van der Waals surface area contributed by atoms with Gasteiger partial charge in [0.25, 0.3) is 0 Å². The number of hydrogen-bond acceptors (Lipinski definition) is 1. The number of nitrogens with two attached hydrogens (primary N) is 1. The lowest BCUT2D eigenvalue weighted by Gasteiger charge is -2.22. The molecule has 0 saturated heterocycles. The van der Waals surface area contributed by atoms with E-state index >= 15 is 0 Å². The molecular formula is C6H8F5N. The molecule has 1 nitrogen and oxygen atoms in total. The zero-order chi connectivity index (χ0) is 9.62. The Balaban J connectivity index is 2.60. The van der Waals surface area contributed by atoms with Crippen LogP contribution in [0.25, 0.3) is 0 Å². The molecule has 0 bridgehead atoms. The maximum Gasteiger partial charge on any atom is 0.453 e. The lowest BCUT2D eigenvalue weighted by Crippen LogP contribution is -2.42. The minimum atomic E-state index is -5.47. The van der Waals surface area contributed by atoms with Crippen LogP contribution in [0, 0.1) is 0 Å². The van der Waals surface area contributed by atoms with Crippen LogP contribution in [0.4, 0.5) is 22.0 Å². The van der Waals surface area contributed by atoms with Gasteiger partial charge in [0.15, 0.2) is 0 Å². The van der Waals surface area contributed by atoms with Crippen LogP contribution >= 0.6 is 0 Å². The maximum atomic E-state index is 12.3. The van der Waals surface area contributed by atoms with Gasteiger partial charge in [-0.25, -0.2) is 0 Å². The average molecular weight is 189 g/mol. The van der Waals surface area contributed by atoms with Crippen molar-refractivity contribution in [2.75, 3.05) is 0 Å². The molecule has 0 spiro atoms. The summed E-state index contributed by atoms with van der Waals surface area (Å²) in [6.45, 7) is 0. The molecule has 1 saturated carbocycles. The Labute approximate surface area is 65.7 Å². The van der Waals surface area contributed by atoms with Crippen molar-refractivity contribution in [3.8, 4) is 0 Å². The minimum Gasteiger partial charge on any atom is -0.325 e. The fourth-order valence-corrected chi connectivity index (χ4v) is 0.880. The molecule has 1 fully saturated rings. The normalized spacial score (nSPS) is 22.5. The van der Waals surface area contributed by atoms with Gasteiger partial charge in [-0.2, -0.15) is 22.0 Å². The summed E-state index contributed by atoms with van der Waals surface area (Å²) >= 11 is 0. The Bertz CT molecular complexity index is 181. The lowest BCUT2D eigenvalue weighted by atomic mass is 10.1. The van der Waals surface area contributed by atoms with Crippen molar-refractivity contribution in [1.29, 1.82) is 0 Å². The molecule has 1 aliphatic rings. The van der Waals surface area contributed by atoms with E-state index in [-0.39, 0.29) is 12.8 Å². The molecule has 0 amide bonds. The number of rotatable bonds is 2. The Kier molecular flexibility index (Phi) is 1.86. The topological polar surface area (TPSA) is 26.0 Å². The standard InChI is InChI=1S/C6H8F5N/c7-5(8,6(9,10)11)3-4(12)1-2-4/h1-3,12H2. The first-order valence-corrected chi connectivity index (χ1v) is 3.40. The van der Waals surface area contributed by atoms with E-state index in [0.29, 0.717) is 0 Å². The summed E-state index contributed by atoms with van der Waals surface area (Å²) < 4.78 is 59.3. The summed E-state index contributed by atoms with van der Waals surface area (Å²) in [6.07, 6.45) is -6.26. The van der Waals surface area contributed by atoms with Crippen molar-refractivity contribution in [2.45, 2.75) is 36.9 Å². The third-order valence-electron chi connectivity index (χ3n) is 1.88. The molecule has 1 rings (SSSR count). The van der Waals surface area contributed by atoms with Crippen LogP contribution in [0.5, 0.6) is 0 Å². The summed E-state index contributed by atoms with van der Waals surface area (Å²) in [7, 11) is 0. The van der Waals surface area contributed by atoms with Crippen molar-refractivity contribution in [3.63, 3.8) is 0 Å². The predicted molar refractivity (Wildman–Crippen MR) is 31.8 cm³/mol. The van der Waals surface area contributed by atoms with E-state index in [9.17, 15) is 22.0 Å². The maximum absolute atomic E-state index is 12.3. The molecule has 1 aliphatic carbocycles. The second-order valence-corrected chi connectivity index (χ2v) is 3.24. The molecule has 0 aromatic rings. The molecule has 0 aromatic heterocycles. The molecule has 72 valence electrons. The van der Waals surface area contributed by atoms with Crippen LogP contribution in [0.15, 0.2) is 0 Å². The first kappa shape index (κ1) is 9.70. The van der Waals surface area contributed by atoms with Crippen molar-refractivity contribution in [1.82, 2.24) is 0 Å². The number of hydrogen-bond donors (Lipinski definition) is 1. The van der Waals surface area contributed by atoms with Crippen molar-refractivity contribution in [2.24, 2.45) is 5.73 Å². The summed E-state index contributed by atoms with van der Waals surface area (Å²) in [5.74, 6) is -4.64. The van der Waals surface area contributed by atoms with Gasteiger partial charge in [-0.3, -0.25) is 0 Å². The van der Waals surface area contributed by atoms with Gasteiger partial charge in [-0.15, -0.1) is 0 Å². The molecule has 0 atom stereocenters. The Morgan fingerprint density at radius 1 is 1.08 bits per heavy atom. The van der Waals surface area contributed by atoms with Gasteiger partial charge in [-0.1, -0.05) is 0 Å². The highest BCUT2D eigenvalue weighted by atomic mass is 19.4. The average Bonchev–Trinajstić information content (AvgIpc) is 2.42. The minimum absolute atomic E-state index is 0.249. The molecular weight excluding hydrogens is 181 g/mol. The van der Waals surface area contributed by atoms with Crippen LogP contribution < -0.4 is 5.73 Å². The fraction of sp³-hybridized carbons (Fsp3) is 1.00. The SMILES string of the molecule is NC1(CC(F)(F)C(F)(F)F)CC1. The Morgan fingerprint density at radius 2 is 1.50 bits per heavy atom. The highest BCUT2D eigenvalue weighted by Gasteiger charge is 2.62. The van der Waals surface area contributed by atoms with Crippen LogP contribution in [0.1, 0.15) is 19.3 Å². The van der Waals surface area contributed by atoms with E-state index in [4.69, 9.17) is 5.73 Å². The van der Waals surface area contributed by atoms with Gasteiger partial charge >= 0.3 is 12.1 Å². The first-order valence-electron chi connectivity index (χ1n) is 3.40. The largest absolute Gasteiger partial charge is 0.453 e. The molecule has 12 heavy (non-hydrogen) atoms. The second-order valence-electron chi connectivity index (χ2n) is 3.24. The van der Waals surface area contributed by atoms with Gasteiger partial charge < -0.3 is 5.73 Å². The Morgan fingerprint density at radius 3 is 1.75 bits per heavy atom. The van der Waals surface area contributed by atoms with E-state index in [0.717, 1.165) is 0 Å². The number of alkyl halides is 5. The van der Waals surface area contributed by atoms with E-state index in [2.05, 4.69) is 0 Å². The van der Waals surface area contributed by atoms with Gasteiger partial charge in [-0.05, 0) is 12.8 Å². The van der Waals surface area contributed by atoms with Crippen molar-refractivity contribution >= 4 is 0 Å². The second kappa shape index (κ2) is 2.31. The third-order valence-corrected chi connectivity index (χ3v) is 1.88. The number of halogens is 5. The highest BCUT2D eigenvalue weighted by molar-refractivity contribution is 5.03. The summed E-state index contributed by atoms with van der Waals surface area (Å²) in [4.78, 5) is 0. The molecule has 0 heterocycles. The molecule has 0 aromatic carbocycles. The van der Waals surface area contributed by atoms with E-state index in [1.807, 2.05) is 0 Å².